The van der Waals surface area contributed by atoms with Crippen LogP contribution in [0.15, 0.2) is 67.1 Å². The van der Waals surface area contributed by atoms with Crippen molar-refractivity contribution in [2.45, 2.75) is 19.3 Å². The molecule has 2 N–H and O–H groups in total. The van der Waals surface area contributed by atoms with E-state index >= 15 is 0 Å². The molecule has 0 unspecified atom stereocenters. The first-order valence-corrected chi connectivity index (χ1v) is 8.91. The fourth-order valence-corrected chi connectivity index (χ4v) is 3.43. The molecule has 0 aliphatic carbocycles. The third-order valence-electron chi connectivity index (χ3n) is 4.64. The summed E-state index contributed by atoms with van der Waals surface area (Å²) in [5, 5.41) is 10.0. The summed E-state index contributed by atoms with van der Waals surface area (Å²) >= 11 is 0. The highest BCUT2D eigenvalue weighted by molar-refractivity contribution is 5.99. The Morgan fingerprint density at radius 1 is 0.963 bits per heavy atom. The van der Waals surface area contributed by atoms with E-state index in [0.717, 1.165) is 39.0 Å². The molecular formula is C22H19N3O2. The van der Waals surface area contributed by atoms with Crippen LogP contribution in [0.4, 0.5) is 0 Å². The van der Waals surface area contributed by atoms with E-state index < -0.39 is 5.97 Å². The molecule has 0 radical (unpaired) electrons. The highest BCUT2D eigenvalue weighted by Crippen LogP contribution is 2.38. The summed E-state index contributed by atoms with van der Waals surface area (Å²) in [4.78, 5) is 23.2. The molecule has 0 saturated carbocycles. The number of carbonyl (C=O) groups is 1. The second kappa shape index (κ2) is 7.41. The minimum atomic E-state index is -0.776. The number of carboxylic acids is 1. The van der Waals surface area contributed by atoms with Crippen LogP contribution in [0.25, 0.3) is 33.3 Å². The number of rotatable bonds is 6. The number of nitrogens with zero attached hydrogens (tertiary/aromatic N) is 2. The van der Waals surface area contributed by atoms with Crippen LogP contribution in [-0.2, 0) is 11.2 Å². The van der Waals surface area contributed by atoms with Gasteiger partial charge in [-0.15, -0.1) is 0 Å². The summed E-state index contributed by atoms with van der Waals surface area (Å²) in [5.41, 5.74) is 5.99. The van der Waals surface area contributed by atoms with Crippen molar-refractivity contribution in [3.05, 3.63) is 72.8 Å². The molecular weight excluding hydrogens is 338 g/mol. The van der Waals surface area contributed by atoms with E-state index in [9.17, 15) is 4.79 Å². The van der Waals surface area contributed by atoms with Gasteiger partial charge >= 0.3 is 5.97 Å². The van der Waals surface area contributed by atoms with E-state index in [4.69, 9.17) is 5.11 Å². The number of aromatic amines is 1. The smallest absolute Gasteiger partial charge is 0.303 e. The van der Waals surface area contributed by atoms with Crippen molar-refractivity contribution in [2.24, 2.45) is 0 Å². The molecule has 0 atom stereocenters. The number of fused-ring (bicyclic) bond motifs is 1. The number of nitrogens with one attached hydrogen (secondary N) is 1. The number of para-hydroxylation sites is 1. The average Bonchev–Trinajstić information content (AvgIpc) is 3.11. The Morgan fingerprint density at radius 2 is 1.81 bits per heavy atom. The van der Waals surface area contributed by atoms with Gasteiger partial charge in [-0.3, -0.25) is 14.8 Å². The lowest BCUT2D eigenvalue weighted by molar-refractivity contribution is -0.137. The van der Waals surface area contributed by atoms with Gasteiger partial charge in [0.05, 0.1) is 11.2 Å². The fraction of sp³-hybridized carbons (Fsp3) is 0.136. The summed E-state index contributed by atoms with van der Waals surface area (Å²) in [6.45, 7) is 0. The zero-order valence-corrected chi connectivity index (χ0v) is 14.7. The van der Waals surface area contributed by atoms with Gasteiger partial charge in [-0.2, -0.15) is 0 Å². The van der Waals surface area contributed by atoms with E-state index in [0.29, 0.717) is 12.8 Å². The predicted octanol–water partition coefficient (Wildman–Crippen LogP) is 4.70. The Kier molecular flexibility index (Phi) is 4.66. The van der Waals surface area contributed by atoms with Crippen molar-refractivity contribution < 1.29 is 9.90 Å². The largest absolute Gasteiger partial charge is 0.481 e. The molecule has 5 heteroatoms. The zero-order valence-electron chi connectivity index (χ0n) is 14.7. The van der Waals surface area contributed by atoms with Gasteiger partial charge < -0.3 is 10.1 Å². The topological polar surface area (TPSA) is 78.9 Å². The Morgan fingerprint density at radius 3 is 2.63 bits per heavy atom. The SMILES string of the molecule is O=C(O)CCCc1[nH]cc(-c2ccccn2)c1-c1ccnc2ccccc12. The second-order valence-electron chi connectivity index (χ2n) is 6.39. The van der Waals surface area contributed by atoms with Crippen LogP contribution < -0.4 is 0 Å². The summed E-state index contributed by atoms with van der Waals surface area (Å²) in [7, 11) is 0. The molecule has 0 amide bonds. The number of aromatic nitrogens is 3. The van der Waals surface area contributed by atoms with E-state index in [1.54, 1.807) is 6.20 Å². The molecule has 5 nitrogen and oxygen atoms in total. The Balaban J connectivity index is 1.88. The molecule has 3 aromatic heterocycles. The van der Waals surface area contributed by atoms with Crippen LogP contribution >= 0.6 is 0 Å². The molecule has 0 aliphatic rings. The second-order valence-corrected chi connectivity index (χ2v) is 6.39. The number of H-pyrrole nitrogens is 1. The third kappa shape index (κ3) is 3.44. The maximum atomic E-state index is 10.9. The molecule has 1 aromatic carbocycles. The molecule has 4 aromatic rings. The number of pyridine rings is 2. The van der Waals surface area contributed by atoms with Gasteiger partial charge in [0.25, 0.3) is 0 Å². The minimum absolute atomic E-state index is 0.147. The summed E-state index contributed by atoms with van der Waals surface area (Å²) in [5.74, 6) is -0.776. The number of benzene rings is 1. The standard InChI is InChI=1S/C22H19N3O2/c26-21(27)10-5-9-20-22(17(14-25-20)19-8-3-4-12-23-19)16-11-13-24-18-7-2-1-6-15(16)18/h1-4,6-8,11-14,25H,5,9-10H2,(H,26,27). The predicted molar refractivity (Wildman–Crippen MR) is 105 cm³/mol. The lowest BCUT2D eigenvalue weighted by Gasteiger charge is -2.11. The van der Waals surface area contributed by atoms with Gasteiger partial charge in [-0.1, -0.05) is 24.3 Å². The van der Waals surface area contributed by atoms with E-state index in [-0.39, 0.29) is 6.42 Å². The Labute approximate surface area is 156 Å². The monoisotopic (exact) mass is 357 g/mol. The van der Waals surface area contributed by atoms with Crippen LogP contribution in [0.5, 0.6) is 0 Å². The van der Waals surface area contributed by atoms with Gasteiger partial charge in [0.2, 0.25) is 0 Å². The van der Waals surface area contributed by atoms with E-state index in [1.807, 2.05) is 54.9 Å². The van der Waals surface area contributed by atoms with Gasteiger partial charge in [-0.05, 0) is 42.7 Å². The maximum Gasteiger partial charge on any atom is 0.303 e. The first-order chi connectivity index (χ1) is 13.2. The number of aryl methyl sites for hydroxylation is 1. The third-order valence-corrected chi connectivity index (χ3v) is 4.64. The van der Waals surface area contributed by atoms with Crippen LogP contribution in [0.2, 0.25) is 0 Å². The lowest BCUT2D eigenvalue weighted by atomic mass is 9.94. The highest BCUT2D eigenvalue weighted by atomic mass is 16.4. The molecule has 3 heterocycles. The van der Waals surface area contributed by atoms with Gasteiger partial charge in [0.1, 0.15) is 0 Å². The number of hydrogen-bond donors (Lipinski definition) is 2. The van der Waals surface area contributed by atoms with Crippen LogP contribution in [0.1, 0.15) is 18.5 Å². The average molecular weight is 357 g/mol. The lowest BCUT2D eigenvalue weighted by Crippen LogP contribution is -1.97. The molecule has 0 bridgehead atoms. The normalized spacial score (nSPS) is 11.0. The van der Waals surface area contributed by atoms with Crippen molar-refractivity contribution in [3.8, 4) is 22.4 Å². The Bertz CT molecular complexity index is 1080. The van der Waals surface area contributed by atoms with E-state index in [2.05, 4.69) is 21.0 Å². The van der Waals surface area contributed by atoms with Crippen molar-refractivity contribution in [1.82, 2.24) is 15.0 Å². The molecule has 134 valence electrons. The minimum Gasteiger partial charge on any atom is -0.481 e. The molecule has 0 fully saturated rings. The van der Waals surface area contributed by atoms with Crippen molar-refractivity contribution in [3.63, 3.8) is 0 Å². The summed E-state index contributed by atoms with van der Waals surface area (Å²) in [6, 6.07) is 15.9. The molecule has 27 heavy (non-hydrogen) atoms. The highest BCUT2D eigenvalue weighted by Gasteiger charge is 2.18. The van der Waals surface area contributed by atoms with Gasteiger partial charge in [-0.25, -0.2) is 0 Å². The quantitative estimate of drug-likeness (QED) is 0.524. The first-order valence-electron chi connectivity index (χ1n) is 8.91. The van der Waals surface area contributed by atoms with Gasteiger partial charge in [0, 0.05) is 47.2 Å². The van der Waals surface area contributed by atoms with Crippen LogP contribution in [0, 0.1) is 0 Å². The zero-order chi connectivity index (χ0) is 18.6. The van der Waals surface area contributed by atoms with Crippen molar-refractivity contribution in [1.29, 1.82) is 0 Å². The summed E-state index contributed by atoms with van der Waals surface area (Å²) in [6.07, 6.45) is 6.94. The Hall–Kier alpha value is -3.47. The molecule has 4 rings (SSSR count). The van der Waals surface area contributed by atoms with E-state index in [1.165, 1.54) is 0 Å². The number of aliphatic carboxylic acids is 1. The molecule has 0 saturated heterocycles. The molecule has 0 spiro atoms. The van der Waals surface area contributed by atoms with Crippen molar-refractivity contribution in [2.75, 3.05) is 0 Å². The number of hydrogen-bond acceptors (Lipinski definition) is 3. The van der Waals surface area contributed by atoms with Gasteiger partial charge in [0.15, 0.2) is 0 Å². The summed E-state index contributed by atoms with van der Waals surface area (Å²) < 4.78 is 0. The van der Waals surface area contributed by atoms with Crippen LogP contribution in [0.3, 0.4) is 0 Å². The maximum absolute atomic E-state index is 10.9. The fourth-order valence-electron chi connectivity index (χ4n) is 3.43. The molecule has 0 aliphatic heterocycles. The van der Waals surface area contributed by atoms with Crippen molar-refractivity contribution >= 4 is 16.9 Å². The first kappa shape index (κ1) is 17.0. The van der Waals surface area contributed by atoms with Crippen LogP contribution in [-0.4, -0.2) is 26.0 Å². The number of carboxylic acid groups (broad SMARTS) is 1.